The highest BCUT2D eigenvalue weighted by Gasteiger charge is 2.30. The van der Waals surface area contributed by atoms with E-state index in [4.69, 9.17) is 5.11 Å². The first-order valence-electron chi connectivity index (χ1n) is 5.33. The molecule has 0 fully saturated rings. The lowest BCUT2D eigenvalue weighted by Crippen LogP contribution is -2.12. The van der Waals surface area contributed by atoms with Gasteiger partial charge in [-0.3, -0.25) is 0 Å². The van der Waals surface area contributed by atoms with E-state index in [9.17, 15) is 13.2 Å². The number of alkyl halides is 3. The van der Waals surface area contributed by atoms with Crippen molar-refractivity contribution in [1.82, 2.24) is 10.1 Å². The van der Waals surface area contributed by atoms with E-state index in [1.165, 1.54) is 12.1 Å². The predicted molar refractivity (Wildman–Crippen MR) is 59.5 cm³/mol. The summed E-state index contributed by atoms with van der Waals surface area (Å²) in [4.78, 5) is 3.62. The number of phenolic OH excluding ortho intramolecular Hbond substituents is 1. The summed E-state index contributed by atoms with van der Waals surface area (Å²) in [7, 11) is 0. The molecule has 102 valence electrons. The molecule has 0 aliphatic carbocycles. The molecule has 1 aromatic heterocycles. The van der Waals surface area contributed by atoms with Crippen LogP contribution >= 0.6 is 0 Å². The van der Waals surface area contributed by atoms with Crippen molar-refractivity contribution in [1.29, 1.82) is 0 Å². The molecule has 1 aromatic carbocycles. The fourth-order valence-electron chi connectivity index (χ4n) is 1.37. The number of hydrogen-bond donors (Lipinski definition) is 2. The van der Waals surface area contributed by atoms with E-state index in [2.05, 4.69) is 20.0 Å². The Bertz CT molecular complexity index is 537. The Labute approximate surface area is 106 Å². The van der Waals surface area contributed by atoms with Gasteiger partial charge in [-0.05, 0) is 24.3 Å². The summed E-state index contributed by atoms with van der Waals surface area (Å²) in [5.41, 5.74) is 0.674. The largest absolute Gasteiger partial charge is 0.508 e. The summed E-state index contributed by atoms with van der Waals surface area (Å²) < 4.78 is 40.9. The minimum absolute atomic E-state index is 0.0623. The van der Waals surface area contributed by atoms with E-state index in [0.29, 0.717) is 5.69 Å². The molecule has 0 aliphatic rings. The molecule has 0 saturated heterocycles. The maximum Gasteiger partial charge on any atom is 0.396 e. The van der Waals surface area contributed by atoms with Crippen LogP contribution in [0.25, 0.3) is 0 Å². The number of aromatic nitrogens is 2. The van der Waals surface area contributed by atoms with Crippen molar-refractivity contribution < 1.29 is 22.8 Å². The fraction of sp³-hybridized carbons (Fsp3) is 0.273. The van der Waals surface area contributed by atoms with Crippen molar-refractivity contribution in [3.05, 3.63) is 36.0 Å². The molecule has 0 radical (unpaired) electrons. The predicted octanol–water partition coefficient (Wildman–Crippen LogP) is 2.49. The second-order valence-electron chi connectivity index (χ2n) is 3.80. The fourth-order valence-corrected chi connectivity index (χ4v) is 1.37. The minimum atomic E-state index is -4.36. The van der Waals surface area contributed by atoms with Crippen LogP contribution < -0.4 is 5.32 Å². The molecule has 0 bridgehead atoms. The molecule has 19 heavy (non-hydrogen) atoms. The highest BCUT2D eigenvalue weighted by atomic mass is 19.4. The van der Waals surface area contributed by atoms with Crippen LogP contribution in [0.2, 0.25) is 0 Å². The maximum atomic E-state index is 12.1. The van der Waals surface area contributed by atoms with E-state index in [1.807, 2.05) is 0 Å². The van der Waals surface area contributed by atoms with Gasteiger partial charge in [0.25, 0.3) is 0 Å². The van der Waals surface area contributed by atoms with Gasteiger partial charge in [-0.1, -0.05) is 5.16 Å². The molecule has 0 aliphatic heterocycles. The van der Waals surface area contributed by atoms with Gasteiger partial charge in [0.05, 0.1) is 6.54 Å². The zero-order valence-electron chi connectivity index (χ0n) is 9.61. The van der Waals surface area contributed by atoms with Crippen LogP contribution in [0, 0.1) is 0 Å². The molecule has 2 rings (SSSR count). The number of hydrogen-bond acceptors (Lipinski definition) is 5. The first-order chi connectivity index (χ1) is 8.92. The first-order valence-corrected chi connectivity index (χ1v) is 5.33. The van der Waals surface area contributed by atoms with Crippen LogP contribution in [0.1, 0.15) is 11.7 Å². The number of aromatic hydroxyl groups is 1. The van der Waals surface area contributed by atoms with Crippen LogP contribution in [0.4, 0.5) is 18.9 Å². The van der Waals surface area contributed by atoms with E-state index < -0.39 is 18.4 Å². The van der Waals surface area contributed by atoms with Gasteiger partial charge in [0.2, 0.25) is 5.89 Å². The topological polar surface area (TPSA) is 71.2 Å². The molecule has 2 aromatic rings. The third-order valence-electron chi connectivity index (χ3n) is 2.18. The van der Waals surface area contributed by atoms with Gasteiger partial charge in [-0.2, -0.15) is 18.2 Å². The maximum absolute atomic E-state index is 12.1. The molecular weight excluding hydrogens is 263 g/mol. The summed E-state index contributed by atoms with van der Waals surface area (Å²) in [5, 5.41) is 15.2. The Morgan fingerprint density at radius 1 is 1.21 bits per heavy atom. The Morgan fingerprint density at radius 3 is 2.53 bits per heavy atom. The highest BCUT2D eigenvalue weighted by molar-refractivity contribution is 5.45. The summed E-state index contributed by atoms with van der Waals surface area (Å²) in [5.74, 6) is -0.210. The minimum Gasteiger partial charge on any atom is -0.508 e. The molecule has 2 N–H and O–H groups in total. The van der Waals surface area contributed by atoms with E-state index >= 15 is 0 Å². The van der Waals surface area contributed by atoms with Gasteiger partial charge in [0.1, 0.15) is 12.2 Å². The van der Waals surface area contributed by atoms with Crippen LogP contribution in [0.3, 0.4) is 0 Å². The van der Waals surface area contributed by atoms with Gasteiger partial charge >= 0.3 is 6.18 Å². The summed E-state index contributed by atoms with van der Waals surface area (Å²) in [6, 6.07) is 6.18. The van der Waals surface area contributed by atoms with Crippen LogP contribution in [-0.4, -0.2) is 21.4 Å². The molecule has 8 heteroatoms. The second kappa shape index (κ2) is 5.17. The molecule has 0 saturated carbocycles. The molecule has 5 nitrogen and oxygen atoms in total. The number of benzene rings is 1. The molecule has 1 heterocycles. The van der Waals surface area contributed by atoms with Crippen molar-refractivity contribution in [3.63, 3.8) is 0 Å². The SMILES string of the molecule is Oc1ccc(NCc2nc(CC(F)(F)F)no2)cc1. The monoisotopic (exact) mass is 273 g/mol. The van der Waals surface area contributed by atoms with Gasteiger partial charge in [-0.15, -0.1) is 0 Å². The zero-order valence-corrected chi connectivity index (χ0v) is 9.61. The number of anilines is 1. The number of halogens is 3. The van der Waals surface area contributed by atoms with Crippen molar-refractivity contribution in [2.24, 2.45) is 0 Å². The summed E-state index contributed by atoms with van der Waals surface area (Å²) in [6.45, 7) is 0.107. The number of nitrogens with one attached hydrogen (secondary N) is 1. The Morgan fingerprint density at radius 2 is 1.89 bits per heavy atom. The van der Waals surface area contributed by atoms with Crippen LogP contribution in [0.5, 0.6) is 5.75 Å². The summed E-state index contributed by atoms with van der Waals surface area (Å²) >= 11 is 0. The average Bonchev–Trinajstić information content (AvgIpc) is 2.73. The van der Waals surface area contributed by atoms with Crippen molar-refractivity contribution in [3.8, 4) is 5.75 Å². The van der Waals surface area contributed by atoms with Gasteiger partial charge in [-0.25, -0.2) is 0 Å². The molecule has 0 unspecified atom stereocenters. The highest BCUT2D eigenvalue weighted by Crippen LogP contribution is 2.19. The first kappa shape index (κ1) is 13.2. The molecular formula is C11H10F3N3O2. The van der Waals surface area contributed by atoms with Gasteiger partial charge < -0.3 is 14.9 Å². The smallest absolute Gasteiger partial charge is 0.396 e. The zero-order chi connectivity index (χ0) is 13.9. The Hall–Kier alpha value is -2.25. The number of rotatable bonds is 4. The Balaban J connectivity index is 1.91. The van der Waals surface area contributed by atoms with Gasteiger partial charge in [0, 0.05) is 5.69 Å². The molecule has 0 amide bonds. The lowest BCUT2D eigenvalue weighted by molar-refractivity contribution is -0.128. The number of nitrogens with zero attached hydrogens (tertiary/aromatic N) is 2. The normalized spacial score (nSPS) is 11.5. The second-order valence-corrected chi connectivity index (χ2v) is 3.80. The third kappa shape index (κ3) is 4.16. The van der Waals surface area contributed by atoms with Gasteiger partial charge in [0.15, 0.2) is 5.82 Å². The van der Waals surface area contributed by atoms with Crippen molar-refractivity contribution >= 4 is 5.69 Å². The van der Waals surface area contributed by atoms with E-state index in [-0.39, 0.29) is 18.2 Å². The summed E-state index contributed by atoms with van der Waals surface area (Å²) in [6.07, 6.45) is -5.57. The van der Waals surface area contributed by atoms with Crippen LogP contribution in [0.15, 0.2) is 28.8 Å². The molecule has 0 atom stereocenters. The number of phenols is 1. The van der Waals surface area contributed by atoms with E-state index in [1.54, 1.807) is 12.1 Å². The van der Waals surface area contributed by atoms with Crippen molar-refractivity contribution in [2.45, 2.75) is 19.1 Å². The molecule has 0 spiro atoms. The Kier molecular flexibility index (Phi) is 3.59. The van der Waals surface area contributed by atoms with Crippen molar-refractivity contribution in [2.75, 3.05) is 5.32 Å². The average molecular weight is 273 g/mol. The quantitative estimate of drug-likeness (QED) is 0.837. The van der Waals surface area contributed by atoms with Crippen LogP contribution in [-0.2, 0) is 13.0 Å². The van der Waals surface area contributed by atoms with E-state index in [0.717, 1.165) is 0 Å². The lowest BCUT2D eigenvalue weighted by Gasteiger charge is -2.02. The third-order valence-corrected chi connectivity index (χ3v) is 2.18. The lowest BCUT2D eigenvalue weighted by atomic mass is 10.3. The standard InChI is InChI=1S/C11H10F3N3O2/c12-11(13,14)5-9-16-10(19-17-9)6-15-7-1-3-8(18)4-2-7/h1-4,15,18H,5-6H2.